The summed E-state index contributed by atoms with van der Waals surface area (Å²) in [5.74, 6) is 0. The van der Waals surface area contributed by atoms with Gasteiger partial charge in [0.05, 0.1) is 0 Å². The molecule has 0 bridgehead atoms. The molecule has 2 heteroatoms. The first kappa shape index (κ1) is 9.48. The van der Waals surface area contributed by atoms with E-state index in [-0.39, 0.29) is 0 Å². The minimum absolute atomic E-state index is 0.860. The Balaban J connectivity index is 3.29. The van der Waals surface area contributed by atoms with Crippen LogP contribution in [0.3, 0.4) is 0 Å². The van der Waals surface area contributed by atoms with E-state index in [4.69, 9.17) is 0 Å². The molecule has 0 saturated heterocycles. The molecule has 64 valence electrons. The standard InChI is InChI=1S/C10H16Si2/c1-3-8-6-4-5-7(2)9(8)10(11)12/h3-6,10H,1H2,2,11-12H3. The lowest BCUT2D eigenvalue weighted by molar-refractivity contribution is 1.25. The van der Waals surface area contributed by atoms with Crippen LogP contribution >= 0.6 is 0 Å². The van der Waals surface area contributed by atoms with Gasteiger partial charge in [-0.15, -0.1) is 0 Å². The van der Waals surface area contributed by atoms with Crippen molar-refractivity contribution in [1.29, 1.82) is 0 Å². The maximum absolute atomic E-state index is 3.85. The third-order valence-corrected chi connectivity index (χ3v) is 3.31. The van der Waals surface area contributed by atoms with Crippen molar-refractivity contribution in [1.82, 2.24) is 0 Å². The van der Waals surface area contributed by atoms with Crippen molar-refractivity contribution in [2.24, 2.45) is 0 Å². The predicted octanol–water partition coefficient (Wildman–Crippen LogP) is 0.367. The van der Waals surface area contributed by atoms with Gasteiger partial charge >= 0.3 is 0 Å². The second-order valence-electron chi connectivity index (χ2n) is 3.44. The van der Waals surface area contributed by atoms with Gasteiger partial charge in [0, 0.05) is 20.5 Å². The van der Waals surface area contributed by atoms with Crippen LogP contribution in [0.2, 0.25) is 0 Å². The molecule has 0 aliphatic carbocycles. The van der Waals surface area contributed by atoms with Crippen molar-refractivity contribution in [3.63, 3.8) is 0 Å². The highest BCUT2D eigenvalue weighted by atomic mass is 28.2. The molecule has 1 aromatic rings. The highest BCUT2D eigenvalue weighted by Gasteiger charge is 2.05. The normalized spacial score (nSPS) is 13.1. The van der Waals surface area contributed by atoms with E-state index in [1.165, 1.54) is 31.6 Å². The average molecular weight is 192 g/mol. The van der Waals surface area contributed by atoms with Gasteiger partial charge in [-0.2, -0.15) is 0 Å². The molecule has 0 nitrogen and oxygen atoms in total. The SMILES string of the molecule is C=Cc1cccc(C)c1C([SiH3])[SiH3]. The molecule has 0 unspecified atom stereocenters. The van der Waals surface area contributed by atoms with Crippen molar-refractivity contribution in [2.45, 2.75) is 12.1 Å². The first-order valence-electron chi connectivity index (χ1n) is 4.38. The molecule has 0 spiro atoms. The fraction of sp³-hybridized carbons (Fsp3) is 0.200. The van der Waals surface area contributed by atoms with E-state index in [0.29, 0.717) is 0 Å². The Bertz CT molecular complexity index is 290. The molecule has 0 N–H and O–H groups in total. The van der Waals surface area contributed by atoms with E-state index in [2.05, 4.69) is 31.7 Å². The molecule has 0 aromatic heterocycles. The monoisotopic (exact) mass is 192 g/mol. The zero-order valence-corrected chi connectivity index (χ0v) is 12.1. The van der Waals surface area contributed by atoms with Crippen LogP contribution < -0.4 is 0 Å². The van der Waals surface area contributed by atoms with Crippen molar-refractivity contribution in [3.8, 4) is 0 Å². The van der Waals surface area contributed by atoms with Gasteiger partial charge in [0.1, 0.15) is 0 Å². The first-order valence-corrected chi connectivity index (χ1v) is 6.69. The van der Waals surface area contributed by atoms with E-state index >= 15 is 0 Å². The summed E-state index contributed by atoms with van der Waals surface area (Å²) in [6, 6.07) is 6.48. The summed E-state index contributed by atoms with van der Waals surface area (Å²) in [5.41, 5.74) is 4.32. The summed E-state index contributed by atoms with van der Waals surface area (Å²) in [7, 11) is 2.54. The van der Waals surface area contributed by atoms with Crippen LogP contribution in [-0.4, -0.2) is 20.5 Å². The van der Waals surface area contributed by atoms with Gasteiger partial charge in [0.15, 0.2) is 0 Å². The molecule has 12 heavy (non-hydrogen) atoms. The van der Waals surface area contributed by atoms with E-state index < -0.39 is 0 Å². The first-order chi connectivity index (χ1) is 5.66. The lowest BCUT2D eigenvalue weighted by Gasteiger charge is -2.12. The fourth-order valence-corrected chi connectivity index (χ4v) is 3.25. The Labute approximate surface area is 80.5 Å². The summed E-state index contributed by atoms with van der Waals surface area (Å²) < 4.78 is 0. The molecular weight excluding hydrogens is 176 g/mol. The molecule has 0 atom stereocenters. The Morgan fingerprint density at radius 2 is 2.08 bits per heavy atom. The fourth-order valence-electron chi connectivity index (χ4n) is 1.67. The van der Waals surface area contributed by atoms with E-state index in [0.717, 1.165) is 5.16 Å². The zero-order chi connectivity index (χ0) is 9.14. The highest BCUT2D eigenvalue weighted by molar-refractivity contribution is 6.36. The van der Waals surface area contributed by atoms with Gasteiger partial charge < -0.3 is 0 Å². The second-order valence-corrected chi connectivity index (χ2v) is 9.21. The minimum atomic E-state index is 0.860. The lowest BCUT2D eigenvalue weighted by atomic mass is 10.0. The van der Waals surface area contributed by atoms with Gasteiger partial charge in [-0.1, -0.05) is 30.9 Å². The molecule has 0 aliphatic heterocycles. The summed E-state index contributed by atoms with van der Waals surface area (Å²) >= 11 is 0. The van der Waals surface area contributed by atoms with Gasteiger partial charge in [-0.05, 0) is 28.8 Å². The number of benzene rings is 1. The van der Waals surface area contributed by atoms with Crippen LogP contribution in [0.15, 0.2) is 24.8 Å². The van der Waals surface area contributed by atoms with Gasteiger partial charge in [0.25, 0.3) is 0 Å². The number of rotatable bonds is 2. The largest absolute Gasteiger partial charge is 0.0985 e. The van der Waals surface area contributed by atoms with Crippen LogP contribution in [0.1, 0.15) is 21.9 Å². The minimum Gasteiger partial charge on any atom is -0.0985 e. The highest BCUT2D eigenvalue weighted by Crippen LogP contribution is 2.20. The topological polar surface area (TPSA) is 0 Å². The summed E-state index contributed by atoms with van der Waals surface area (Å²) in [6.45, 7) is 6.05. The smallest absolute Gasteiger partial charge is 0.00785 e. The number of hydrogen-bond donors (Lipinski definition) is 0. The Morgan fingerprint density at radius 3 is 2.50 bits per heavy atom. The molecular formula is C10H16Si2. The Hall–Kier alpha value is -0.606. The van der Waals surface area contributed by atoms with Gasteiger partial charge in [0.2, 0.25) is 0 Å². The Morgan fingerprint density at radius 1 is 1.42 bits per heavy atom. The maximum Gasteiger partial charge on any atom is 0.00785 e. The summed E-state index contributed by atoms with van der Waals surface area (Å²) in [6.07, 6.45) is 1.98. The van der Waals surface area contributed by atoms with E-state index in [1.54, 1.807) is 5.56 Å². The van der Waals surface area contributed by atoms with Crippen molar-refractivity contribution >= 4 is 26.6 Å². The molecule has 0 radical (unpaired) electrons. The van der Waals surface area contributed by atoms with E-state index in [9.17, 15) is 0 Å². The molecule has 1 aromatic carbocycles. The van der Waals surface area contributed by atoms with Crippen LogP contribution in [0.5, 0.6) is 0 Å². The molecule has 0 fully saturated rings. The molecule has 0 saturated carbocycles. The third-order valence-electron chi connectivity index (χ3n) is 2.16. The van der Waals surface area contributed by atoms with Gasteiger partial charge in [-0.25, -0.2) is 0 Å². The van der Waals surface area contributed by atoms with Crippen molar-refractivity contribution in [2.75, 3.05) is 0 Å². The van der Waals surface area contributed by atoms with Gasteiger partial charge in [-0.3, -0.25) is 0 Å². The summed E-state index contributed by atoms with van der Waals surface area (Å²) in [5, 5.41) is 0.860. The van der Waals surface area contributed by atoms with Crippen LogP contribution in [0, 0.1) is 6.92 Å². The van der Waals surface area contributed by atoms with Crippen molar-refractivity contribution in [3.05, 3.63) is 41.5 Å². The maximum atomic E-state index is 3.85. The van der Waals surface area contributed by atoms with Crippen LogP contribution in [0.4, 0.5) is 0 Å². The molecule has 0 aliphatic rings. The zero-order valence-electron chi connectivity index (χ0n) is 8.09. The quantitative estimate of drug-likeness (QED) is 0.594. The molecule has 1 rings (SSSR count). The number of hydrogen-bond acceptors (Lipinski definition) is 0. The molecule has 0 amide bonds. The lowest BCUT2D eigenvalue weighted by Crippen LogP contribution is -2.02. The summed E-state index contributed by atoms with van der Waals surface area (Å²) in [4.78, 5) is 0. The number of aryl methyl sites for hydroxylation is 1. The second kappa shape index (κ2) is 3.87. The van der Waals surface area contributed by atoms with E-state index in [1.807, 2.05) is 6.08 Å². The third kappa shape index (κ3) is 1.76. The molecule has 0 heterocycles. The van der Waals surface area contributed by atoms with Crippen LogP contribution in [-0.2, 0) is 0 Å². The predicted molar refractivity (Wildman–Crippen MR) is 63.9 cm³/mol. The van der Waals surface area contributed by atoms with Crippen molar-refractivity contribution < 1.29 is 0 Å². The Kier molecular flexibility index (Phi) is 3.06. The van der Waals surface area contributed by atoms with Crippen LogP contribution in [0.25, 0.3) is 6.08 Å². The average Bonchev–Trinajstić information content (AvgIpc) is 2.03.